The third-order valence-electron chi connectivity index (χ3n) is 4.66. The average molecular weight is 444 g/mol. The fourth-order valence-corrected chi connectivity index (χ4v) is 4.01. The molecule has 0 atom stereocenters. The molecule has 0 unspecified atom stereocenters. The van der Waals surface area contributed by atoms with Gasteiger partial charge in [0.2, 0.25) is 5.82 Å². The summed E-state index contributed by atoms with van der Waals surface area (Å²) in [7, 11) is 0. The molecule has 0 amide bonds. The largest absolute Gasteiger partial charge is 0.451 e. The van der Waals surface area contributed by atoms with E-state index in [0.717, 1.165) is 17.8 Å². The number of fused-ring (bicyclic) bond motifs is 1. The quantitative estimate of drug-likeness (QED) is 0.521. The second-order valence-corrected chi connectivity index (χ2v) is 7.70. The van der Waals surface area contributed by atoms with Gasteiger partial charge in [-0.3, -0.25) is 4.90 Å². The second-order valence-electron chi connectivity index (χ2n) is 6.84. The van der Waals surface area contributed by atoms with Crippen molar-refractivity contribution in [2.24, 2.45) is 0 Å². The Kier molecular flexibility index (Phi) is 5.27. The zero-order valence-corrected chi connectivity index (χ0v) is 16.1. The Morgan fingerprint density at radius 3 is 2.37 bits per heavy atom. The van der Waals surface area contributed by atoms with Crippen LogP contribution in [0.15, 0.2) is 35.8 Å². The number of aromatic nitrogens is 3. The van der Waals surface area contributed by atoms with Crippen molar-refractivity contribution >= 4 is 11.3 Å². The summed E-state index contributed by atoms with van der Waals surface area (Å²) in [4.78, 5) is 13.6. The van der Waals surface area contributed by atoms with Gasteiger partial charge in [0.05, 0.1) is 17.0 Å². The van der Waals surface area contributed by atoms with E-state index in [1.165, 1.54) is 29.7 Å². The zero-order chi connectivity index (χ0) is 21.5. The lowest BCUT2D eigenvalue weighted by Gasteiger charge is -2.27. The minimum absolute atomic E-state index is 0.372. The molecular weight excluding hydrogens is 430 g/mol. The monoisotopic (exact) mass is 444 g/mol. The first-order chi connectivity index (χ1) is 14.1. The molecule has 30 heavy (non-hydrogen) atoms. The normalized spacial score (nSPS) is 15.3. The van der Waals surface area contributed by atoms with Crippen molar-refractivity contribution in [1.29, 1.82) is 0 Å². The van der Waals surface area contributed by atoms with Gasteiger partial charge in [0.25, 0.3) is 0 Å². The van der Waals surface area contributed by atoms with Crippen LogP contribution in [0.4, 0.5) is 26.3 Å². The number of rotatable bonds is 3. The smallest absolute Gasteiger partial charge is 0.293 e. The van der Waals surface area contributed by atoms with Crippen molar-refractivity contribution < 1.29 is 26.3 Å². The Balaban J connectivity index is 1.43. The van der Waals surface area contributed by atoms with Gasteiger partial charge in [0, 0.05) is 48.8 Å². The Labute approximate surface area is 171 Å². The maximum absolute atomic E-state index is 12.7. The van der Waals surface area contributed by atoms with Gasteiger partial charge in [-0.2, -0.15) is 26.3 Å². The molecular formula is C19H14F6N4S. The van der Waals surface area contributed by atoms with E-state index in [-0.39, 0.29) is 0 Å². The number of thiazole rings is 1. The van der Waals surface area contributed by atoms with Crippen molar-refractivity contribution in [3.63, 3.8) is 0 Å². The molecule has 0 aliphatic carbocycles. The van der Waals surface area contributed by atoms with Gasteiger partial charge in [0.1, 0.15) is 5.01 Å². The zero-order valence-electron chi connectivity index (χ0n) is 15.3. The van der Waals surface area contributed by atoms with Crippen LogP contribution in [0, 0.1) is 0 Å². The summed E-state index contributed by atoms with van der Waals surface area (Å²) >= 11 is 1.33. The number of nitrogens with zero attached hydrogens (tertiary/aromatic N) is 4. The number of hydrogen-bond acceptors (Lipinski definition) is 5. The molecule has 3 aromatic rings. The lowest BCUT2D eigenvalue weighted by atomic mass is 10.1. The van der Waals surface area contributed by atoms with Crippen LogP contribution < -0.4 is 0 Å². The number of benzene rings is 1. The van der Waals surface area contributed by atoms with E-state index in [0.29, 0.717) is 47.9 Å². The maximum atomic E-state index is 12.7. The Bertz CT molecular complexity index is 1040. The summed E-state index contributed by atoms with van der Waals surface area (Å²) in [5.41, 5.74) is 1.66. The van der Waals surface area contributed by atoms with Crippen LogP contribution >= 0.6 is 11.3 Å². The van der Waals surface area contributed by atoms with E-state index in [1.54, 1.807) is 0 Å². The van der Waals surface area contributed by atoms with Crippen LogP contribution in [0.5, 0.6) is 0 Å². The predicted molar refractivity (Wildman–Crippen MR) is 97.4 cm³/mol. The molecule has 3 heterocycles. The molecule has 0 bridgehead atoms. The van der Waals surface area contributed by atoms with E-state index in [1.807, 2.05) is 10.3 Å². The number of alkyl halides is 6. The van der Waals surface area contributed by atoms with Crippen LogP contribution in [0.25, 0.3) is 10.6 Å². The molecule has 2 aromatic heterocycles. The van der Waals surface area contributed by atoms with Crippen LogP contribution in [0.2, 0.25) is 0 Å². The summed E-state index contributed by atoms with van der Waals surface area (Å²) in [6.07, 6.45) is -7.37. The van der Waals surface area contributed by atoms with Crippen molar-refractivity contribution in [1.82, 2.24) is 19.9 Å². The third-order valence-corrected chi connectivity index (χ3v) is 5.60. The summed E-state index contributed by atoms with van der Waals surface area (Å²) in [5.74, 6) is -1.13. The fraction of sp³-hybridized carbons (Fsp3) is 0.316. The van der Waals surface area contributed by atoms with Crippen molar-refractivity contribution in [2.45, 2.75) is 31.9 Å². The minimum Gasteiger partial charge on any atom is -0.293 e. The lowest BCUT2D eigenvalue weighted by Crippen LogP contribution is -2.31. The second kappa shape index (κ2) is 7.62. The molecule has 11 heteroatoms. The Hall–Kier alpha value is -2.53. The minimum atomic E-state index is -4.57. The molecule has 0 saturated heterocycles. The summed E-state index contributed by atoms with van der Waals surface area (Å²) in [6, 6.07) is 4.82. The first-order valence-corrected chi connectivity index (χ1v) is 9.74. The Morgan fingerprint density at radius 1 is 0.967 bits per heavy atom. The van der Waals surface area contributed by atoms with Gasteiger partial charge in [-0.1, -0.05) is 12.1 Å². The average Bonchev–Trinajstić information content (AvgIpc) is 3.15. The molecule has 158 valence electrons. The van der Waals surface area contributed by atoms with E-state index in [4.69, 9.17) is 0 Å². The molecule has 1 aliphatic rings. The van der Waals surface area contributed by atoms with E-state index in [2.05, 4.69) is 15.0 Å². The highest BCUT2D eigenvalue weighted by Crippen LogP contribution is 2.32. The summed E-state index contributed by atoms with van der Waals surface area (Å²) in [6.45, 7) is 1.40. The van der Waals surface area contributed by atoms with Crippen molar-refractivity contribution in [3.8, 4) is 10.6 Å². The van der Waals surface area contributed by atoms with E-state index < -0.39 is 23.7 Å². The first-order valence-electron chi connectivity index (χ1n) is 8.86. The molecule has 4 nitrogen and oxygen atoms in total. The van der Waals surface area contributed by atoms with Crippen molar-refractivity contribution in [2.75, 3.05) is 6.54 Å². The number of halogens is 6. The number of hydrogen-bond donors (Lipinski definition) is 0. The maximum Gasteiger partial charge on any atom is 0.451 e. The van der Waals surface area contributed by atoms with Crippen LogP contribution in [0.3, 0.4) is 0 Å². The fourth-order valence-electron chi connectivity index (χ4n) is 3.19. The van der Waals surface area contributed by atoms with Crippen LogP contribution in [0.1, 0.15) is 28.3 Å². The third kappa shape index (κ3) is 4.46. The topological polar surface area (TPSA) is 41.9 Å². The lowest BCUT2D eigenvalue weighted by molar-refractivity contribution is -0.145. The van der Waals surface area contributed by atoms with Crippen LogP contribution in [-0.2, 0) is 31.9 Å². The highest BCUT2D eigenvalue weighted by molar-refractivity contribution is 7.13. The van der Waals surface area contributed by atoms with Gasteiger partial charge in [0.15, 0.2) is 0 Å². The molecule has 0 radical (unpaired) electrons. The van der Waals surface area contributed by atoms with Gasteiger partial charge in [-0.15, -0.1) is 11.3 Å². The predicted octanol–water partition coefficient (Wildman–Crippen LogP) is 5.20. The van der Waals surface area contributed by atoms with E-state index in [9.17, 15) is 26.3 Å². The van der Waals surface area contributed by atoms with Gasteiger partial charge in [-0.25, -0.2) is 15.0 Å². The molecule has 1 aromatic carbocycles. The molecule has 0 fully saturated rings. The van der Waals surface area contributed by atoms with Gasteiger partial charge in [-0.05, 0) is 12.1 Å². The molecule has 4 rings (SSSR count). The molecule has 1 aliphatic heterocycles. The highest BCUT2D eigenvalue weighted by Gasteiger charge is 2.35. The van der Waals surface area contributed by atoms with Crippen LogP contribution in [-0.4, -0.2) is 26.4 Å². The molecule has 0 spiro atoms. The van der Waals surface area contributed by atoms with Gasteiger partial charge < -0.3 is 0 Å². The van der Waals surface area contributed by atoms with Gasteiger partial charge >= 0.3 is 12.4 Å². The molecule has 0 N–H and O–H groups in total. The van der Waals surface area contributed by atoms with Crippen molar-refractivity contribution in [3.05, 3.63) is 64.2 Å². The Morgan fingerprint density at radius 2 is 1.70 bits per heavy atom. The van der Waals surface area contributed by atoms with E-state index >= 15 is 0 Å². The first kappa shape index (κ1) is 20.7. The summed E-state index contributed by atoms with van der Waals surface area (Å²) in [5, 5.41) is 2.43. The summed E-state index contributed by atoms with van der Waals surface area (Å²) < 4.78 is 76.3. The standard InChI is InChI=1S/C19H14F6N4S/c20-18(21,22)13-3-1-11(2-4-13)16-27-14(10-30-16)9-29-6-5-15-12(8-29)7-26-17(28-15)19(23,24)25/h1-4,7,10H,5-6,8-9H2. The molecule has 0 saturated carbocycles. The SMILES string of the molecule is FC(F)(F)c1ccc(-c2nc(CN3CCc4nc(C(F)(F)F)ncc4C3)cs2)cc1. The highest BCUT2D eigenvalue weighted by atomic mass is 32.1.